The van der Waals surface area contributed by atoms with Gasteiger partial charge in [-0.3, -0.25) is 0 Å². The van der Waals surface area contributed by atoms with Gasteiger partial charge in [-0.05, 0) is 37.4 Å². The Balaban J connectivity index is 2.33. The highest BCUT2D eigenvalue weighted by atomic mass is 32.2. The van der Waals surface area contributed by atoms with Crippen LogP contribution in [0.15, 0.2) is 17.0 Å². The summed E-state index contributed by atoms with van der Waals surface area (Å²) >= 11 is 0. The number of nitrogens with zero attached hydrogens (tertiary/aromatic N) is 1. The van der Waals surface area contributed by atoms with Gasteiger partial charge in [0.15, 0.2) is 4.90 Å². The predicted octanol–water partition coefficient (Wildman–Crippen LogP) is 1.63. The molecule has 1 aliphatic rings. The molecule has 22 heavy (non-hydrogen) atoms. The van der Waals surface area contributed by atoms with Gasteiger partial charge in [0, 0.05) is 6.04 Å². The zero-order valence-corrected chi connectivity index (χ0v) is 12.7. The van der Waals surface area contributed by atoms with Gasteiger partial charge in [-0.1, -0.05) is 12.8 Å². The lowest BCUT2D eigenvalue weighted by Gasteiger charge is -2.31. The van der Waals surface area contributed by atoms with Crippen LogP contribution in [0, 0.1) is 28.9 Å². The van der Waals surface area contributed by atoms with Crippen molar-refractivity contribution in [1.82, 2.24) is 4.72 Å². The summed E-state index contributed by atoms with van der Waals surface area (Å²) in [6.07, 6.45) is 3.16. The Labute approximate surface area is 128 Å². The minimum absolute atomic E-state index is 0.0481. The molecule has 2 atom stereocenters. The zero-order valence-electron chi connectivity index (χ0n) is 11.9. The van der Waals surface area contributed by atoms with Crippen LogP contribution in [-0.2, 0) is 10.0 Å². The fraction of sp³-hybridized carbons (Fsp3) is 0.500. The van der Waals surface area contributed by atoms with E-state index in [0.29, 0.717) is 25.1 Å². The normalized spacial score (nSPS) is 22.3. The molecule has 1 aromatic carbocycles. The maximum absolute atomic E-state index is 13.9. The van der Waals surface area contributed by atoms with Crippen molar-refractivity contribution in [3.05, 3.63) is 29.3 Å². The van der Waals surface area contributed by atoms with Crippen molar-refractivity contribution in [2.75, 3.05) is 6.54 Å². The predicted molar refractivity (Wildman–Crippen MR) is 76.2 cm³/mol. The number of nitrogens with two attached hydrogens (primary N) is 1. The van der Waals surface area contributed by atoms with E-state index < -0.39 is 32.6 Å². The van der Waals surface area contributed by atoms with E-state index in [1.54, 1.807) is 6.07 Å². The standard InChI is InChI=1S/C14H17F2N3O2S/c15-11-5-9(7-17)6-12(16)14(11)22(20,21)19-13-4-2-1-3-10(13)8-18/h5-6,10,13,19H,1-4,8,18H2/t10-,13-/m1/s1. The molecule has 2 rings (SSSR count). The maximum atomic E-state index is 13.9. The molecule has 1 fully saturated rings. The number of hydrogen-bond acceptors (Lipinski definition) is 4. The van der Waals surface area contributed by atoms with Crippen LogP contribution in [0.2, 0.25) is 0 Å². The first-order valence-electron chi connectivity index (χ1n) is 7.00. The first-order valence-corrected chi connectivity index (χ1v) is 8.49. The van der Waals surface area contributed by atoms with Gasteiger partial charge in [0.05, 0.1) is 11.6 Å². The van der Waals surface area contributed by atoms with E-state index >= 15 is 0 Å². The van der Waals surface area contributed by atoms with E-state index in [9.17, 15) is 17.2 Å². The molecule has 5 nitrogen and oxygen atoms in total. The van der Waals surface area contributed by atoms with Gasteiger partial charge in [-0.15, -0.1) is 0 Å². The van der Waals surface area contributed by atoms with E-state index in [0.717, 1.165) is 19.3 Å². The fourth-order valence-electron chi connectivity index (χ4n) is 2.78. The summed E-state index contributed by atoms with van der Waals surface area (Å²) in [6, 6.07) is 2.56. The average Bonchev–Trinajstić information content (AvgIpc) is 2.46. The van der Waals surface area contributed by atoms with Crippen LogP contribution in [0.4, 0.5) is 8.78 Å². The second-order valence-electron chi connectivity index (χ2n) is 5.39. The third kappa shape index (κ3) is 3.43. The minimum atomic E-state index is -4.35. The van der Waals surface area contributed by atoms with Crippen LogP contribution < -0.4 is 10.5 Å². The molecule has 3 N–H and O–H groups in total. The highest BCUT2D eigenvalue weighted by molar-refractivity contribution is 7.89. The van der Waals surface area contributed by atoms with Crippen LogP contribution in [0.1, 0.15) is 31.2 Å². The van der Waals surface area contributed by atoms with Crippen molar-refractivity contribution in [2.24, 2.45) is 11.7 Å². The Kier molecular flexibility index (Phi) is 5.11. The molecule has 0 amide bonds. The number of nitrogens with one attached hydrogen (secondary N) is 1. The van der Waals surface area contributed by atoms with E-state index in [1.807, 2.05) is 0 Å². The SMILES string of the molecule is N#Cc1cc(F)c(S(=O)(=O)N[C@@H]2CCCC[C@@H]2CN)c(F)c1. The lowest BCUT2D eigenvalue weighted by atomic mass is 9.85. The lowest BCUT2D eigenvalue weighted by molar-refractivity contribution is 0.295. The van der Waals surface area contributed by atoms with Gasteiger partial charge in [0.25, 0.3) is 0 Å². The van der Waals surface area contributed by atoms with Crippen LogP contribution in [0.25, 0.3) is 0 Å². The number of nitriles is 1. The molecule has 8 heteroatoms. The second-order valence-corrected chi connectivity index (χ2v) is 7.04. The monoisotopic (exact) mass is 329 g/mol. The van der Waals surface area contributed by atoms with Gasteiger partial charge >= 0.3 is 0 Å². The van der Waals surface area contributed by atoms with Crippen molar-refractivity contribution in [3.63, 3.8) is 0 Å². The van der Waals surface area contributed by atoms with Crippen molar-refractivity contribution >= 4 is 10.0 Å². The first-order chi connectivity index (χ1) is 10.4. The summed E-state index contributed by atoms with van der Waals surface area (Å²) in [5.41, 5.74) is 5.36. The van der Waals surface area contributed by atoms with E-state index in [4.69, 9.17) is 11.0 Å². The van der Waals surface area contributed by atoms with Crippen molar-refractivity contribution in [2.45, 2.75) is 36.6 Å². The molecule has 1 aromatic rings. The van der Waals surface area contributed by atoms with Gasteiger partial charge < -0.3 is 5.73 Å². The Bertz CT molecular complexity index is 678. The van der Waals surface area contributed by atoms with E-state index in [-0.39, 0.29) is 11.5 Å². The average molecular weight is 329 g/mol. The highest BCUT2D eigenvalue weighted by Crippen LogP contribution is 2.27. The summed E-state index contributed by atoms with van der Waals surface area (Å²) in [5, 5.41) is 8.65. The molecule has 1 aliphatic carbocycles. The third-order valence-corrected chi connectivity index (χ3v) is 5.45. The minimum Gasteiger partial charge on any atom is -0.330 e. The lowest BCUT2D eigenvalue weighted by Crippen LogP contribution is -2.45. The van der Waals surface area contributed by atoms with E-state index in [1.165, 1.54) is 0 Å². The van der Waals surface area contributed by atoms with Crippen LogP contribution >= 0.6 is 0 Å². The van der Waals surface area contributed by atoms with Gasteiger partial charge in [0.2, 0.25) is 10.0 Å². The van der Waals surface area contributed by atoms with Crippen LogP contribution in [0.5, 0.6) is 0 Å². The van der Waals surface area contributed by atoms with Gasteiger partial charge in [0.1, 0.15) is 11.6 Å². The second kappa shape index (κ2) is 6.69. The molecule has 0 radical (unpaired) electrons. The van der Waals surface area contributed by atoms with Crippen LogP contribution in [-0.4, -0.2) is 21.0 Å². The van der Waals surface area contributed by atoms with E-state index in [2.05, 4.69) is 4.72 Å². The summed E-state index contributed by atoms with van der Waals surface area (Å²) in [7, 11) is -4.35. The molecule has 1 saturated carbocycles. The molecule has 120 valence electrons. The quantitative estimate of drug-likeness (QED) is 0.877. The topological polar surface area (TPSA) is 96.0 Å². The van der Waals surface area contributed by atoms with Gasteiger partial charge in [-0.25, -0.2) is 21.9 Å². The number of benzene rings is 1. The molecule has 0 aliphatic heterocycles. The summed E-state index contributed by atoms with van der Waals surface area (Å²) < 4.78 is 54.7. The number of halogens is 2. The Morgan fingerprint density at radius 1 is 1.27 bits per heavy atom. The Morgan fingerprint density at radius 2 is 1.86 bits per heavy atom. The molecule has 0 aromatic heterocycles. The van der Waals surface area contributed by atoms with Crippen molar-refractivity contribution in [1.29, 1.82) is 5.26 Å². The molecule has 0 heterocycles. The molecule has 0 spiro atoms. The smallest absolute Gasteiger partial charge is 0.246 e. The summed E-state index contributed by atoms with van der Waals surface area (Å²) in [6.45, 7) is 0.311. The molecule has 0 bridgehead atoms. The molecule has 0 saturated heterocycles. The first kappa shape index (κ1) is 16.8. The Morgan fingerprint density at radius 3 is 2.41 bits per heavy atom. The number of rotatable bonds is 4. The number of hydrogen-bond donors (Lipinski definition) is 2. The molecular weight excluding hydrogens is 312 g/mol. The third-order valence-electron chi connectivity index (χ3n) is 3.91. The summed E-state index contributed by atoms with van der Waals surface area (Å²) in [5.74, 6) is -2.60. The zero-order chi connectivity index (χ0) is 16.3. The summed E-state index contributed by atoms with van der Waals surface area (Å²) in [4.78, 5) is -1.05. The maximum Gasteiger partial charge on any atom is 0.246 e. The highest BCUT2D eigenvalue weighted by Gasteiger charge is 2.32. The van der Waals surface area contributed by atoms with Crippen molar-refractivity contribution in [3.8, 4) is 6.07 Å². The number of sulfonamides is 1. The fourth-order valence-corrected chi connectivity index (χ4v) is 4.24. The van der Waals surface area contributed by atoms with Crippen molar-refractivity contribution < 1.29 is 17.2 Å². The van der Waals surface area contributed by atoms with Crippen LogP contribution in [0.3, 0.4) is 0 Å². The largest absolute Gasteiger partial charge is 0.330 e. The Hall–Kier alpha value is -1.56. The molecular formula is C14H17F2N3O2S. The molecule has 0 unspecified atom stereocenters. The van der Waals surface area contributed by atoms with Gasteiger partial charge in [-0.2, -0.15) is 5.26 Å².